The molecular weight excluding hydrogens is 316 g/mol. The zero-order chi connectivity index (χ0) is 19.4. The van der Waals surface area contributed by atoms with Gasteiger partial charge < -0.3 is 15.4 Å². The lowest BCUT2D eigenvalue weighted by Gasteiger charge is -2.20. The molecular formula is C20H40N2O3. The van der Waals surface area contributed by atoms with Crippen LogP contribution >= 0.6 is 0 Å². The van der Waals surface area contributed by atoms with Crippen molar-refractivity contribution in [3.63, 3.8) is 0 Å². The second-order valence-corrected chi connectivity index (χ2v) is 7.86. The van der Waals surface area contributed by atoms with E-state index in [4.69, 9.17) is 4.74 Å². The number of ether oxygens (including phenoxy) is 1. The highest BCUT2D eigenvalue weighted by Gasteiger charge is 2.12. The van der Waals surface area contributed by atoms with Crippen LogP contribution in [-0.4, -0.2) is 50.0 Å². The normalized spacial score (nSPS) is 17.6. The fourth-order valence-corrected chi connectivity index (χ4v) is 2.27. The first-order valence-corrected chi connectivity index (χ1v) is 9.68. The summed E-state index contributed by atoms with van der Waals surface area (Å²) in [6.45, 7) is 16.5. The van der Waals surface area contributed by atoms with Crippen LogP contribution in [0.15, 0.2) is 0 Å². The monoisotopic (exact) mass is 356 g/mol. The van der Waals surface area contributed by atoms with Crippen molar-refractivity contribution in [1.82, 2.24) is 10.6 Å². The van der Waals surface area contributed by atoms with E-state index in [2.05, 4.69) is 31.4 Å². The van der Waals surface area contributed by atoms with Crippen molar-refractivity contribution in [3.8, 4) is 0 Å². The summed E-state index contributed by atoms with van der Waals surface area (Å²) < 4.78 is 5.80. The molecule has 0 aromatic heterocycles. The summed E-state index contributed by atoms with van der Waals surface area (Å²) in [5, 5.41) is 6.77. The Kier molecular flexibility index (Phi) is 13.0. The third-order valence-corrected chi connectivity index (χ3v) is 4.80. The van der Waals surface area contributed by atoms with E-state index >= 15 is 0 Å². The van der Waals surface area contributed by atoms with Gasteiger partial charge in [0, 0.05) is 43.6 Å². The van der Waals surface area contributed by atoms with Gasteiger partial charge in [-0.3, -0.25) is 9.59 Å². The summed E-state index contributed by atoms with van der Waals surface area (Å²) in [4.78, 5) is 22.4. The first kappa shape index (κ1) is 24.2. The maximum Gasteiger partial charge on any atom is 0.133 e. The predicted molar refractivity (Wildman–Crippen MR) is 104 cm³/mol. The molecule has 0 bridgehead atoms. The molecule has 0 aliphatic carbocycles. The van der Waals surface area contributed by atoms with Gasteiger partial charge in [-0.1, -0.05) is 20.8 Å². The van der Waals surface area contributed by atoms with Gasteiger partial charge in [0.25, 0.3) is 0 Å². The number of carbonyl (C=O) groups excluding carboxylic acids is 2. The summed E-state index contributed by atoms with van der Waals surface area (Å²) in [5.41, 5.74) is 0. The largest absolute Gasteiger partial charge is 0.380 e. The van der Waals surface area contributed by atoms with Gasteiger partial charge in [-0.2, -0.15) is 0 Å². The highest BCUT2D eigenvalue weighted by atomic mass is 16.5. The van der Waals surface area contributed by atoms with Crippen LogP contribution in [0.25, 0.3) is 0 Å². The molecule has 5 unspecified atom stereocenters. The smallest absolute Gasteiger partial charge is 0.133 e. The molecule has 2 N–H and O–H groups in total. The summed E-state index contributed by atoms with van der Waals surface area (Å²) in [5.74, 6) is 1.11. The minimum Gasteiger partial charge on any atom is -0.380 e. The van der Waals surface area contributed by atoms with Crippen molar-refractivity contribution in [2.45, 2.75) is 73.4 Å². The lowest BCUT2D eigenvalue weighted by Crippen LogP contribution is -2.36. The highest BCUT2D eigenvalue weighted by Crippen LogP contribution is 2.09. The van der Waals surface area contributed by atoms with Gasteiger partial charge in [0.1, 0.15) is 11.6 Å². The summed E-state index contributed by atoms with van der Waals surface area (Å²) >= 11 is 0. The first-order chi connectivity index (χ1) is 11.6. The van der Waals surface area contributed by atoms with Crippen LogP contribution in [0.4, 0.5) is 0 Å². The molecule has 0 saturated carbocycles. The SMILES string of the molecule is CC(=O)C(C)CNC(C)CCC(C)COCC(C)NCC(C)C(C)=O. The van der Waals surface area contributed by atoms with Crippen LogP contribution in [-0.2, 0) is 14.3 Å². The Morgan fingerprint density at radius 3 is 1.72 bits per heavy atom. The van der Waals surface area contributed by atoms with Crippen molar-refractivity contribution in [1.29, 1.82) is 0 Å². The highest BCUT2D eigenvalue weighted by molar-refractivity contribution is 5.78. The molecule has 0 fully saturated rings. The molecule has 0 rings (SSSR count). The molecule has 0 saturated heterocycles. The van der Waals surface area contributed by atoms with Crippen LogP contribution in [0.2, 0.25) is 0 Å². The van der Waals surface area contributed by atoms with Crippen LogP contribution in [0, 0.1) is 17.8 Å². The average Bonchev–Trinajstić information content (AvgIpc) is 2.55. The lowest BCUT2D eigenvalue weighted by molar-refractivity contribution is -0.121. The molecule has 0 amide bonds. The van der Waals surface area contributed by atoms with Crippen LogP contribution in [0.3, 0.4) is 0 Å². The molecule has 0 aliphatic rings. The number of hydrogen-bond donors (Lipinski definition) is 2. The van der Waals surface area contributed by atoms with Crippen molar-refractivity contribution in [3.05, 3.63) is 0 Å². The van der Waals surface area contributed by atoms with E-state index in [1.807, 2.05) is 13.8 Å². The summed E-state index contributed by atoms with van der Waals surface area (Å²) in [6.07, 6.45) is 2.19. The zero-order valence-electron chi connectivity index (χ0n) is 17.4. The van der Waals surface area contributed by atoms with Gasteiger partial charge in [-0.15, -0.1) is 0 Å². The molecule has 0 aliphatic heterocycles. The van der Waals surface area contributed by atoms with E-state index in [0.717, 1.165) is 26.0 Å². The van der Waals surface area contributed by atoms with Crippen molar-refractivity contribution in [2.75, 3.05) is 26.3 Å². The van der Waals surface area contributed by atoms with E-state index in [1.54, 1.807) is 13.8 Å². The van der Waals surface area contributed by atoms with E-state index in [9.17, 15) is 9.59 Å². The number of hydrogen-bond acceptors (Lipinski definition) is 5. The topological polar surface area (TPSA) is 67.4 Å². The number of carbonyl (C=O) groups is 2. The van der Waals surface area contributed by atoms with Crippen LogP contribution < -0.4 is 10.6 Å². The first-order valence-electron chi connectivity index (χ1n) is 9.68. The van der Waals surface area contributed by atoms with E-state index in [1.165, 1.54) is 0 Å². The Balaban J connectivity index is 3.74. The Hall–Kier alpha value is -0.780. The number of ketones is 2. The van der Waals surface area contributed by atoms with Gasteiger partial charge in [-0.05, 0) is 46.5 Å². The van der Waals surface area contributed by atoms with E-state index in [0.29, 0.717) is 25.1 Å². The lowest BCUT2D eigenvalue weighted by atomic mass is 10.0. The van der Waals surface area contributed by atoms with Gasteiger partial charge in [0.15, 0.2) is 0 Å². The predicted octanol–water partition coefficient (Wildman–Crippen LogP) is 2.83. The molecule has 0 aromatic carbocycles. The molecule has 5 atom stereocenters. The quantitative estimate of drug-likeness (QED) is 0.472. The Labute approximate surface area is 154 Å². The standard InChI is InChI=1S/C20H40N2O3/c1-14(8-9-17(4)21-10-15(2)19(6)23)12-25-13-18(5)22-11-16(3)20(7)24/h14-18,21-22H,8-13H2,1-7H3. The molecule has 0 heterocycles. The Morgan fingerprint density at radius 1 is 0.760 bits per heavy atom. The third kappa shape index (κ3) is 13.1. The average molecular weight is 357 g/mol. The molecule has 0 radical (unpaired) electrons. The molecule has 0 spiro atoms. The van der Waals surface area contributed by atoms with E-state index in [-0.39, 0.29) is 29.4 Å². The van der Waals surface area contributed by atoms with Gasteiger partial charge in [0.05, 0.1) is 6.61 Å². The minimum absolute atomic E-state index is 0.0566. The number of rotatable bonds is 15. The molecule has 25 heavy (non-hydrogen) atoms. The summed E-state index contributed by atoms with van der Waals surface area (Å²) in [7, 11) is 0. The van der Waals surface area contributed by atoms with E-state index < -0.39 is 0 Å². The maximum atomic E-state index is 11.2. The second kappa shape index (κ2) is 13.4. The fraction of sp³-hybridized carbons (Fsp3) is 0.900. The Bertz CT molecular complexity index is 387. The van der Waals surface area contributed by atoms with Crippen LogP contribution in [0.1, 0.15) is 61.3 Å². The van der Waals surface area contributed by atoms with Gasteiger partial charge in [0.2, 0.25) is 0 Å². The Morgan fingerprint density at radius 2 is 1.24 bits per heavy atom. The van der Waals surface area contributed by atoms with Gasteiger partial charge >= 0.3 is 0 Å². The van der Waals surface area contributed by atoms with Gasteiger partial charge in [-0.25, -0.2) is 0 Å². The van der Waals surface area contributed by atoms with Crippen molar-refractivity contribution < 1.29 is 14.3 Å². The van der Waals surface area contributed by atoms with Crippen molar-refractivity contribution >= 4 is 11.6 Å². The zero-order valence-corrected chi connectivity index (χ0v) is 17.4. The summed E-state index contributed by atoms with van der Waals surface area (Å²) in [6, 6.07) is 0.667. The number of Topliss-reactive ketones (excluding diaryl/α,β-unsaturated/α-hetero) is 2. The minimum atomic E-state index is 0.0566. The second-order valence-electron chi connectivity index (χ2n) is 7.86. The fourth-order valence-electron chi connectivity index (χ4n) is 2.27. The molecule has 5 nitrogen and oxygen atoms in total. The third-order valence-electron chi connectivity index (χ3n) is 4.80. The molecule has 148 valence electrons. The van der Waals surface area contributed by atoms with Crippen molar-refractivity contribution in [2.24, 2.45) is 17.8 Å². The molecule has 5 heteroatoms. The maximum absolute atomic E-state index is 11.2. The molecule has 0 aromatic rings. The number of nitrogens with one attached hydrogen (secondary N) is 2. The van der Waals surface area contributed by atoms with Crippen LogP contribution in [0.5, 0.6) is 0 Å².